The van der Waals surface area contributed by atoms with Crippen LogP contribution in [0.4, 0.5) is 10.3 Å². The molecule has 4 rings (SSSR count). The minimum absolute atomic E-state index is 0.0974. The highest BCUT2D eigenvalue weighted by atomic mass is 19.1. The van der Waals surface area contributed by atoms with Crippen LogP contribution in [0, 0.1) is 5.82 Å². The Morgan fingerprint density at radius 3 is 2.47 bits per heavy atom. The van der Waals surface area contributed by atoms with E-state index in [4.69, 9.17) is 4.98 Å². The Hall–Kier alpha value is -3.22. The van der Waals surface area contributed by atoms with E-state index in [0.29, 0.717) is 31.2 Å². The zero-order chi connectivity index (χ0) is 22.3. The number of anilines is 1. The minimum Gasteiger partial charge on any atom is -0.321 e. The number of carbonyl (C=O) groups is 1. The van der Waals surface area contributed by atoms with Crippen LogP contribution >= 0.6 is 0 Å². The van der Waals surface area contributed by atoms with Crippen molar-refractivity contribution in [1.29, 1.82) is 0 Å². The number of nitrogens with one attached hydrogen (secondary N) is 1. The van der Waals surface area contributed by atoms with E-state index in [1.54, 1.807) is 29.4 Å². The molecule has 1 aliphatic rings. The van der Waals surface area contributed by atoms with Crippen molar-refractivity contribution in [2.45, 2.75) is 51.9 Å². The number of pyridine rings is 1. The van der Waals surface area contributed by atoms with Crippen molar-refractivity contribution < 1.29 is 9.18 Å². The molecule has 0 saturated carbocycles. The van der Waals surface area contributed by atoms with Crippen LogP contribution in [0.25, 0.3) is 22.5 Å². The van der Waals surface area contributed by atoms with Crippen LogP contribution in [-0.4, -0.2) is 33.6 Å². The van der Waals surface area contributed by atoms with E-state index in [2.05, 4.69) is 17.3 Å². The normalized spacial score (nSPS) is 13.0. The molecule has 0 aliphatic carbocycles. The predicted octanol–water partition coefficient (Wildman–Crippen LogP) is 5.39. The third kappa shape index (κ3) is 4.82. The number of unbranched alkanes of at least 4 members (excludes halogenated alkanes) is 5. The van der Waals surface area contributed by atoms with E-state index in [1.807, 2.05) is 16.8 Å². The highest BCUT2D eigenvalue weighted by molar-refractivity contribution is 5.94. The van der Waals surface area contributed by atoms with Crippen molar-refractivity contribution in [3.63, 3.8) is 0 Å². The van der Waals surface area contributed by atoms with E-state index >= 15 is 0 Å². The number of nitrogens with zero attached hydrogens (tertiary/aromatic N) is 4. The Kier molecular flexibility index (Phi) is 7.14. The second-order valence-corrected chi connectivity index (χ2v) is 8.16. The van der Waals surface area contributed by atoms with Gasteiger partial charge in [0.1, 0.15) is 11.5 Å². The molecule has 1 aromatic carbocycles. The number of carbonyl (C=O) groups excluding carboxylic acids is 1. The van der Waals surface area contributed by atoms with Gasteiger partial charge in [0.25, 0.3) is 0 Å². The molecule has 0 unspecified atom stereocenters. The molecule has 0 bridgehead atoms. The van der Waals surface area contributed by atoms with E-state index in [1.165, 1.54) is 37.8 Å². The number of halogens is 1. The number of imidazole rings is 1. The van der Waals surface area contributed by atoms with Crippen LogP contribution in [0.5, 0.6) is 0 Å². The van der Waals surface area contributed by atoms with Gasteiger partial charge in [-0.05, 0) is 42.8 Å². The number of fused-ring (bicyclic) bond motifs is 1. The first-order chi connectivity index (χ1) is 15.7. The van der Waals surface area contributed by atoms with Gasteiger partial charge in [-0.15, -0.1) is 0 Å². The Bertz CT molecular complexity index is 1030. The number of aromatic nitrogens is 3. The maximum Gasteiger partial charge on any atom is 0.232 e. The van der Waals surface area contributed by atoms with Gasteiger partial charge in [0.2, 0.25) is 11.9 Å². The van der Waals surface area contributed by atoms with Gasteiger partial charge in [-0.2, -0.15) is 0 Å². The van der Waals surface area contributed by atoms with Crippen molar-refractivity contribution in [3.05, 3.63) is 54.6 Å². The zero-order valence-electron chi connectivity index (χ0n) is 18.6. The SMILES string of the molecule is CCCCCCCCC(=O)N1CCNn2c1nc(-c1ccc(F)cc1)c2-c1ccncc1. The summed E-state index contributed by atoms with van der Waals surface area (Å²) >= 11 is 0. The standard InChI is InChI=1S/C25H30FN5O/c1-2-3-4-5-6-7-8-22(32)30-18-17-28-31-24(20-13-15-27-16-14-20)23(29-25(30)31)19-9-11-21(26)12-10-19/h9-16,28H,2-8,17-18H2,1H3. The summed E-state index contributed by atoms with van der Waals surface area (Å²) in [5.74, 6) is 0.385. The van der Waals surface area contributed by atoms with Gasteiger partial charge in [0.15, 0.2) is 0 Å². The molecule has 1 amide bonds. The van der Waals surface area contributed by atoms with Gasteiger partial charge in [0.05, 0.1) is 5.69 Å². The van der Waals surface area contributed by atoms with Crippen LogP contribution < -0.4 is 10.3 Å². The summed E-state index contributed by atoms with van der Waals surface area (Å²) in [6, 6.07) is 10.1. The fourth-order valence-corrected chi connectivity index (χ4v) is 4.13. The van der Waals surface area contributed by atoms with Gasteiger partial charge in [0, 0.05) is 43.0 Å². The first-order valence-electron chi connectivity index (χ1n) is 11.5. The first kappa shape index (κ1) is 22.0. The van der Waals surface area contributed by atoms with Crippen molar-refractivity contribution in [2.24, 2.45) is 0 Å². The largest absolute Gasteiger partial charge is 0.321 e. The van der Waals surface area contributed by atoms with Crippen LogP contribution in [0.2, 0.25) is 0 Å². The van der Waals surface area contributed by atoms with Crippen molar-refractivity contribution in [1.82, 2.24) is 14.6 Å². The van der Waals surface area contributed by atoms with Crippen LogP contribution in [0.3, 0.4) is 0 Å². The lowest BCUT2D eigenvalue weighted by Crippen LogP contribution is -2.43. The molecule has 0 radical (unpaired) electrons. The zero-order valence-corrected chi connectivity index (χ0v) is 18.6. The molecule has 32 heavy (non-hydrogen) atoms. The molecular weight excluding hydrogens is 405 g/mol. The Morgan fingerprint density at radius 2 is 1.72 bits per heavy atom. The van der Waals surface area contributed by atoms with Crippen molar-refractivity contribution in [2.75, 3.05) is 23.4 Å². The predicted molar refractivity (Wildman–Crippen MR) is 125 cm³/mol. The number of benzene rings is 1. The first-order valence-corrected chi connectivity index (χ1v) is 11.5. The molecule has 2 aromatic heterocycles. The average molecular weight is 436 g/mol. The van der Waals surface area contributed by atoms with Crippen LogP contribution in [0.1, 0.15) is 51.9 Å². The van der Waals surface area contributed by atoms with Gasteiger partial charge >= 0.3 is 0 Å². The molecule has 0 atom stereocenters. The Morgan fingerprint density at radius 1 is 1.00 bits per heavy atom. The third-order valence-corrected chi connectivity index (χ3v) is 5.82. The molecule has 1 aliphatic heterocycles. The molecule has 3 aromatic rings. The van der Waals surface area contributed by atoms with E-state index in [0.717, 1.165) is 29.7 Å². The quantitative estimate of drug-likeness (QED) is 0.458. The fourth-order valence-electron chi connectivity index (χ4n) is 4.13. The van der Waals surface area contributed by atoms with E-state index < -0.39 is 0 Å². The maximum atomic E-state index is 13.5. The minimum atomic E-state index is -0.294. The van der Waals surface area contributed by atoms with E-state index in [-0.39, 0.29) is 11.7 Å². The second-order valence-electron chi connectivity index (χ2n) is 8.16. The lowest BCUT2D eigenvalue weighted by Gasteiger charge is -2.29. The molecule has 0 saturated heterocycles. The Balaban J connectivity index is 1.62. The summed E-state index contributed by atoms with van der Waals surface area (Å²) in [5, 5.41) is 0. The molecule has 7 heteroatoms. The lowest BCUT2D eigenvalue weighted by atomic mass is 10.1. The summed E-state index contributed by atoms with van der Waals surface area (Å²) < 4.78 is 15.4. The van der Waals surface area contributed by atoms with Crippen LogP contribution in [-0.2, 0) is 4.79 Å². The second kappa shape index (κ2) is 10.4. The van der Waals surface area contributed by atoms with Gasteiger partial charge < -0.3 is 5.43 Å². The topological polar surface area (TPSA) is 63.1 Å². The van der Waals surface area contributed by atoms with Gasteiger partial charge in [-0.1, -0.05) is 39.0 Å². The smallest absolute Gasteiger partial charge is 0.232 e. The fraction of sp³-hybridized carbons (Fsp3) is 0.400. The maximum absolute atomic E-state index is 13.5. The number of amides is 1. The average Bonchev–Trinajstić information content (AvgIpc) is 3.22. The molecule has 0 fully saturated rings. The highest BCUT2D eigenvalue weighted by Crippen LogP contribution is 2.36. The molecule has 6 nitrogen and oxygen atoms in total. The lowest BCUT2D eigenvalue weighted by molar-refractivity contribution is -0.118. The molecule has 168 valence electrons. The third-order valence-electron chi connectivity index (χ3n) is 5.82. The molecule has 3 heterocycles. The monoisotopic (exact) mass is 435 g/mol. The molecule has 1 N–H and O–H groups in total. The van der Waals surface area contributed by atoms with Crippen LogP contribution in [0.15, 0.2) is 48.8 Å². The summed E-state index contributed by atoms with van der Waals surface area (Å²) in [4.78, 5) is 23.8. The molecule has 0 spiro atoms. The highest BCUT2D eigenvalue weighted by Gasteiger charge is 2.29. The number of hydrogen-bond donors (Lipinski definition) is 1. The Labute approximate surface area is 188 Å². The summed E-state index contributed by atoms with van der Waals surface area (Å²) in [6.45, 7) is 3.41. The number of rotatable bonds is 9. The van der Waals surface area contributed by atoms with Gasteiger partial charge in [-0.25, -0.2) is 14.1 Å². The summed E-state index contributed by atoms with van der Waals surface area (Å²) in [7, 11) is 0. The summed E-state index contributed by atoms with van der Waals surface area (Å²) in [6.07, 6.45) is 10.9. The molecular formula is C25H30FN5O. The van der Waals surface area contributed by atoms with Crippen molar-refractivity contribution >= 4 is 11.9 Å². The number of hydrogen-bond acceptors (Lipinski definition) is 4. The van der Waals surface area contributed by atoms with E-state index in [9.17, 15) is 9.18 Å². The van der Waals surface area contributed by atoms with Crippen molar-refractivity contribution in [3.8, 4) is 22.5 Å². The van der Waals surface area contributed by atoms with Gasteiger partial charge in [-0.3, -0.25) is 14.7 Å². The summed E-state index contributed by atoms with van der Waals surface area (Å²) in [5.41, 5.74) is 6.64.